The van der Waals surface area contributed by atoms with Crippen molar-refractivity contribution in [3.8, 4) is 11.3 Å². The Balaban J connectivity index is 2.31. The third-order valence-electron chi connectivity index (χ3n) is 2.39. The van der Waals surface area contributed by atoms with Crippen LogP contribution in [0.2, 0.25) is 0 Å². The Kier molecular flexibility index (Phi) is 3.50. The second kappa shape index (κ2) is 5.25. The lowest BCUT2D eigenvalue weighted by Gasteiger charge is -2.08. The summed E-state index contributed by atoms with van der Waals surface area (Å²) in [6.45, 7) is 1.69. The van der Waals surface area contributed by atoms with Crippen molar-refractivity contribution in [2.24, 2.45) is 0 Å². The molecule has 1 heterocycles. The van der Waals surface area contributed by atoms with Gasteiger partial charge in [0.05, 0.1) is 5.69 Å². The van der Waals surface area contributed by atoms with E-state index in [1.165, 1.54) is 6.92 Å². The van der Waals surface area contributed by atoms with E-state index in [4.69, 9.17) is 4.74 Å². The van der Waals surface area contributed by atoms with Crippen molar-refractivity contribution in [3.63, 3.8) is 0 Å². The fourth-order valence-electron chi connectivity index (χ4n) is 1.60. The number of carbonyl (C=O) groups excluding carboxylic acids is 1. The van der Waals surface area contributed by atoms with Gasteiger partial charge in [0.25, 0.3) is 0 Å². The van der Waals surface area contributed by atoms with Crippen molar-refractivity contribution in [1.29, 1.82) is 0 Å². The molecule has 0 aliphatic heterocycles. The minimum Gasteiger partial charge on any atom is -0.461 e. The number of benzene rings is 1. The van der Waals surface area contributed by atoms with E-state index in [1.54, 1.807) is 6.20 Å². The maximum Gasteiger partial charge on any atom is 0.302 e. The van der Waals surface area contributed by atoms with Crippen LogP contribution < -0.4 is 0 Å². The van der Waals surface area contributed by atoms with Crippen LogP contribution in [-0.4, -0.2) is 11.0 Å². The SMILES string of the molecule is CC(=O)OCc1ccccc1-c1ccccn1. The fraction of sp³-hybridized carbons (Fsp3) is 0.143. The maximum atomic E-state index is 10.8. The molecule has 1 aromatic carbocycles. The van der Waals surface area contributed by atoms with E-state index in [-0.39, 0.29) is 12.6 Å². The van der Waals surface area contributed by atoms with Crippen molar-refractivity contribution in [1.82, 2.24) is 4.98 Å². The first-order chi connectivity index (χ1) is 8.27. The predicted molar refractivity (Wildman–Crippen MR) is 65.1 cm³/mol. The molecule has 0 unspecified atom stereocenters. The molecule has 3 nitrogen and oxygen atoms in total. The van der Waals surface area contributed by atoms with Gasteiger partial charge in [0.15, 0.2) is 0 Å². The summed E-state index contributed by atoms with van der Waals surface area (Å²) in [5.41, 5.74) is 2.84. The molecule has 1 aromatic heterocycles. The Morgan fingerprint density at radius 3 is 2.65 bits per heavy atom. The highest BCUT2D eigenvalue weighted by Crippen LogP contribution is 2.21. The monoisotopic (exact) mass is 227 g/mol. The van der Waals surface area contributed by atoms with Gasteiger partial charge < -0.3 is 4.74 Å². The molecule has 0 fully saturated rings. The Labute approximate surface area is 100 Å². The van der Waals surface area contributed by atoms with Gasteiger partial charge in [0.2, 0.25) is 0 Å². The molecule has 86 valence electrons. The molecule has 0 atom stereocenters. The lowest BCUT2D eigenvalue weighted by molar-refractivity contribution is -0.142. The van der Waals surface area contributed by atoms with Gasteiger partial charge in [-0.25, -0.2) is 0 Å². The third-order valence-corrected chi connectivity index (χ3v) is 2.39. The van der Waals surface area contributed by atoms with Crippen LogP contribution in [0.1, 0.15) is 12.5 Å². The lowest BCUT2D eigenvalue weighted by atomic mass is 10.0. The molecule has 0 aliphatic carbocycles. The lowest BCUT2D eigenvalue weighted by Crippen LogP contribution is -2.00. The first kappa shape index (κ1) is 11.3. The zero-order chi connectivity index (χ0) is 12.1. The van der Waals surface area contributed by atoms with Crippen molar-refractivity contribution in [3.05, 3.63) is 54.2 Å². The highest BCUT2D eigenvalue weighted by molar-refractivity contribution is 5.67. The Bertz CT molecular complexity index is 509. The molecule has 0 radical (unpaired) electrons. The summed E-state index contributed by atoms with van der Waals surface area (Å²) in [6.07, 6.45) is 1.75. The number of esters is 1. The van der Waals surface area contributed by atoms with Crippen LogP contribution in [-0.2, 0) is 16.1 Å². The molecular weight excluding hydrogens is 214 g/mol. The second-order valence-corrected chi connectivity index (χ2v) is 3.65. The van der Waals surface area contributed by atoms with E-state index in [2.05, 4.69) is 4.98 Å². The molecule has 0 spiro atoms. The first-order valence-corrected chi connectivity index (χ1v) is 5.40. The molecule has 2 aromatic rings. The number of pyridine rings is 1. The van der Waals surface area contributed by atoms with Crippen LogP contribution in [0.25, 0.3) is 11.3 Å². The summed E-state index contributed by atoms with van der Waals surface area (Å²) < 4.78 is 5.02. The average Bonchev–Trinajstić information content (AvgIpc) is 2.38. The summed E-state index contributed by atoms with van der Waals surface area (Å²) in [5, 5.41) is 0. The summed E-state index contributed by atoms with van der Waals surface area (Å²) in [4.78, 5) is 15.1. The molecule has 0 saturated carbocycles. The normalized spacial score (nSPS) is 9.94. The van der Waals surface area contributed by atoms with Gasteiger partial charge in [-0.15, -0.1) is 0 Å². The van der Waals surface area contributed by atoms with Gasteiger partial charge >= 0.3 is 5.97 Å². The van der Waals surface area contributed by atoms with Gasteiger partial charge in [-0.05, 0) is 17.7 Å². The van der Waals surface area contributed by atoms with Crippen molar-refractivity contribution in [2.75, 3.05) is 0 Å². The minimum atomic E-state index is -0.277. The maximum absolute atomic E-state index is 10.8. The zero-order valence-electron chi connectivity index (χ0n) is 9.59. The number of hydrogen-bond acceptors (Lipinski definition) is 3. The highest BCUT2D eigenvalue weighted by atomic mass is 16.5. The quantitative estimate of drug-likeness (QED) is 0.757. The Morgan fingerprint density at radius 1 is 1.18 bits per heavy atom. The minimum absolute atomic E-state index is 0.277. The molecule has 0 amide bonds. The van der Waals surface area contributed by atoms with E-state index in [0.717, 1.165) is 16.8 Å². The Morgan fingerprint density at radius 2 is 1.94 bits per heavy atom. The van der Waals surface area contributed by atoms with Crippen LogP contribution >= 0.6 is 0 Å². The van der Waals surface area contributed by atoms with Crippen LogP contribution in [0.15, 0.2) is 48.7 Å². The molecular formula is C14H13NO2. The zero-order valence-corrected chi connectivity index (χ0v) is 9.59. The fourth-order valence-corrected chi connectivity index (χ4v) is 1.60. The van der Waals surface area contributed by atoms with Crippen molar-refractivity contribution < 1.29 is 9.53 Å². The number of nitrogens with zero attached hydrogens (tertiary/aromatic N) is 1. The highest BCUT2D eigenvalue weighted by Gasteiger charge is 2.06. The van der Waals surface area contributed by atoms with Gasteiger partial charge in [-0.2, -0.15) is 0 Å². The molecule has 0 N–H and O–H groups in total. The van der Waals surface area contributed by atoms with Gasteiger partial charge in [-0.3, -0.25) is 9.78 Å². The summed E-state index contributed by atoms with van der Waals surface area (Å²) >= 11 is 0. The average molecular weight is 227 g/mol. The smallest absolute Gasteiger partial charge is 0.302 e. The van der Waals surface area contributed by atoms with Crippen LogP contribution in [0.4, 0.5) is 0 Å². The standard InChI is InChI=1S/C14H13NO2/c1-11(16)17-10-12-6-2-3-7-13(12)14-8-4-5-9-15-14/h2-9H,10H2,1H3. The van der Waals surface area contributed by atoms with Gasteiger partial charge in [0, 0.05) is 18.7 Å². The van der Waals surface area contributed by atoms with E-state index in [1.807, 2.05) is 42.5 Å². The summed E-state index contributed by atoms with van der Waals surface area (Å²) in [7, 11) is 0. The number of ether oxygens (including phenoxy) is 1. The number of aromatic nitrogens is 1. The van der Waals surface area contributed by atoms with Crippen LogP contribution in [0, 0.1) is 0 Å². The summed E-state index contributed by atoms with van der Waals surface area (Å²) in [5.74, 6) is -0.277. The number of hydrogen-bond donors (Lipinski definition) is 0. The molecule has 0 saturated heterocycles. The topological polar surface area (TPSA) is 39.2 Å². The second-order valence-electron chi connectivity index (χ2n) is 3.65. The van der Waals surface area contributed by atoms with E-state index in [9.17, 15) is 4.79 Å². The van der Waals surface area contributed by atoms with E-state index in [0.29, 0.717) is 0 Å². The largest absolute Gasteiger partial charge is 0.461 e. The summed E-state index contributed by atoms with van der Waals surface area (Å²) in [6, 6.07) is 13.5. The van der Waals surface area contributed by atoms with Crippen molar-refractivity contribution >= 4 is 5.97 Å². The van der Waals surface area contributed by atoms with Gasteiger partial charge in [-0.1, -0.05) is 30.3 Å². The van der Waals surface area contributed by atoms with Crippen molar-refractivity contribution in [2.45, 2.75) is 13.5 Å². The molecule has 0 bridgehead atoms. The molecule has 17 heavy (non-hydrogen) atoms. The predicted octanol–water partition coefficient (Wildman–Crippen LogP) is 2.81. The molecule has 3 heteroatoms. The third kappa shape index (κ3) is 2.91. The van der Waals surface area contributed by atoms with E-state index >= 15 is 0 Å². The molecule has 2 rings (SSSR count). The van der Waals surface area contributed by atoms with Crippen LogP contribution in [0.5, 0.6) is 0 Å². The van der Waals surface area contributed by atoms with E-state index < -0.39 is 0 Å². The molecule has 0 aliphatic rings. The van der Waals surface area contributed by atoms with Gasteiger partial charge in [0.1, 0.15) is 6.61 Å². The number of rotatable bonds is 3. The first-order valence-electron chi connectivity index (χ1n) is 5.40. The number of carbonyl (C=O) groups is 1. The van der Waals surface area contributed by atoms with Crippen LogP contribution in [0.3, 0.4) is 0 Å². The Hall–Kier alpha value is -2.16.